The van der Waals surface area contributed by atoms with Crippen molar-refractivity contribution in [2.24, 2.45) is 0 Å². The molecule has 0 aromatic carbocycles. The van der Waals surface area contributed by atoms with Crippen molar-refractivity contribution >= 4 is 0 Å². The molecule has 0 aliphatic carbocycles. The number of hydrogen-bond donors (Lipinski definition) is 0. The van der Waals surface area contributed by atoms with E-state index in [9.17, 15) is 0 Å². The molecular weight excluding hydrogens is 356 g/mol. The van der Waals surface area contributed by atoms with Crippen LogP contribution in [0.5, 0.6) is 0 Å². The van der Waals surface area contributed by atoms with Crippen LogP contribution in [0.4, 0.5) is 0 Å². The van der Waals surface area contributed by atoms with Crippen LogP contribution in [0.25, 0.3) is 0 Å². The fourth-order valence-corrected chi connectivity index (χ4v) is 3.92. The first-order chi connectivity index (χ1) is 13.6. The number of aromatic nitrogens is 3. The van der Waals surface area contributed by atoms with Gasteiger partial charge in [-0.1, -0.05) is 47.6 Å². The zero-order valence-electron chi connectivity index (χ0n) is 20.0. The Morgan fingerprint density at radius 2 is 1.41 bits per heavy atom. The third-order valence-electron chi connectivity index (χ3n) is 5.71. The van der Waals surface area contributed by atoms with Gasteiger partial charge in [-0.2, -0.15) is 0 Å². The lowest BCUT2D eigenvalue weighted by Gasteiger charge is -2.20. The highest BCUT2D eigenvalue weighted by atomic mass is 15.0. The van der Waals surface area contributed by atoms with Gasteiger partial charge in [0.1, 0.15) is 0 Å². The molecule has 0 saturated heterocycles. The summed E-state index contributed by atoms with van der Waals surface area (Å²) in [5, 5.41) is 0. The Labute approximate surface area is 178 Å². The molecule has 0 fully saturated rings. The van der Waals surface area contributed by atoms with Gasteiger partial charge in [-0.05, 0) is 68.7 Å². The quantitative estimate of drug-likeness (QED) is 0.508. The van der Waals surface area contributed by atoms with Crippen molar-refractivity contribution in [2.75, 3.05) is 14.1 Å². The SMILES string of the molecule is Cc1nc(C(C)CCC(C)c2cnc(C(C)C)c(CN(C)C)c2)cnc1C(C)C. The van der Waals surface area contributed by atoms with E-state index in [-0.39, 0.29) is 0 Å². The van der Waals surface area contributed by atoms with E-state index in [1.165, 1.54) is 16.8 Å². The second kappa shape index (κ2) is 10.3. The van der Waals surface area contributed by atoms with E-state index in [0.717, 1.165) is 36.5 Å². The molecule has 160 valence electrons. The van der Waals surface area contributed by atoms with Crippen molar-refractivity contribution in [3.8, 4) is 0 Å². The fourth-order valence-electron chi connectivity index (χ4n) is 3.92. The van der Waals surface area contributed by atoms with Crippen LogP contribution in [0.3, 0.4) is 0 Å². The molecule has 29 heavy (non-hydrogen) atoms. The maximum Gasteiger partial charge on any atom is 0.0641 e. The van der Waals surface area contributed by atoms with E-state index in [1.807, 2.05) is 6.20 Å². The average molecular weight is 397 g/mol. The van der Waals surface area contributed by atoms with Crippen LogP contribution in [0.2, 0.25) is 0 Å². The van der Waals surface area contributed by atoms with Crippen LogP contribution in [0, 0.1) is 6.92 Å². The Bertz CT molecular complexity index is 795. The molecule has 2 aromatic heterocycles. The Hall–Kier alpha value is -1.81. The summed E-state index contributed by atoms with van der Waals surface area (Å²) in [4.78, 5) is 16.6. The first kappa shape index (κ1) is 23.5. The summed E-state index contributed by atoms with van der Waals surface area (Å²) in [7, 11) is 4.24. The number of rotatable bonds is 9. The first-order valence-electron chi connectivity index (χ1n) is 11.1. The van der Waals surface area contributed by atoms with Gasteiger partial charge in [0.2, 0.25) is 0 Å². The van der Waals surface area contributed by atoms with Crippen molar-refractivity contribution in [3.63, 3.8) is 0 Å². The second-order valence-corrected chi connectivity index (χ2v) is 9.51. The Balaban J connectivity index is 2.08. The molecule has 4 nitrogen and oxygen atoms in total. The lowest BCUT2D eigenvalue weighted by Crippen LogP contribution is -2.14. The van der Waals surface area contributed by atoms with Gasteiger partial charge in [-0.25, -0.2) is 0 Å². The van der Waals surface area contributed by atoms with E-state index >= 15 is 0 Å². The molecular formula is C25H40N4. The molecule has 0 saturated carbocycles. The van der Waals surface area contributed by atoms with E-state index in [4.69, 9.17) is 9.97 Å². The van der Waals surface area contributed by atoms with Crippen LogP contribution in [-0.2, 0) is 6.54 Å². The summed E-state index contributed by atoms with van der Waals surface area (Å²) in [5.74, 6) is 1.76. The molecule has 0 spiro atoms. The molecule has 0 bridgehead atoms. The monoisotopic (exact) mass is 396 g/mol. The van der Waals surface area contributed by atoms with Crippen LogP contribution in [0.15, 0.2) is 18.5 Å². The molecule has 2 atom stereocenters. The maximum absolute atomic E-state index is 4.84. The highest BCUT2D eigenvalue weighted by Crippen LogP contribution is 2.29. The van der Waals surface area contributed by atoms with Crippen molar-refractivity contribution in [1.29, 1.82) is 0 Å². The van der Waals surface area contributed by atoms with Gasteiger partial charge in [0.15, 0.2) is 0 Å². The third-order valence-corrected chi connectivity index (χ3v) is 5.71. The largest absolute Gasteiger partial charge is 0.305 e. The summed E-state index contributed by atoms with van der Waals surface area (Å²) in [6.07, 6.45) is 6.29. The molecule has 0 aliphatic rings. The molecule has 4 heteroatoms. The molecule has 0 radical (unpaired) electrons. The minimum Gasteiger partial charge on any atom is -0.305 e. The summed E-state index contributed by atoms with van der Waals surface area (Å²) >= 11 is 0. The highest BCUT2D eigenvalue weighted by Gasteiger charge is 2.16. The third kappa shape index (κ3) is 6.33. The van der Waals surface area contributed by atoms with Crippen molar-refractivity contribution in [3.05, 3.63) is 52.4 Å². The predicted molar refractivity (Wildman–Crippen MR) is 123 cm³/mol. The lowest BCUT2D eigenvalue weighted by atomic mass is 9.90. The smallest absolute Gasteiger partial charge is 0.0641 e. The Morgan fingerprint density at radius 1 is 0.828 bits per heavy atom. The maximum atomic E-state index is 4.84. The average Bonchev–Trinajstić information content (AvgIpc) is 2.64. The fraction of sp³-hybridized carbons (Fsp3) is 0.640. The van der Waals surface area contributed by atoms with Crippen LogP contribution in [0.1, 0.15) is 112 Å². The summed E-state index contributed by atoms with van der Waals surface area (Å²) < 4.78 is 0. The van der Waals surface area contributed by atoms with Gasteiger partial charge in [0, 0.05) is 24.6 Å². The van der Waals surface area contributed by atoms with E-state index in [2.05, 4.69) is 84.7 Å². The Kier molecular flexibility index (Phi) is 8.33. The normalized spacial score (nSPS) is 14.1. The van der Waals surface area contributed by atoms with E-state index in [1.54, 1.807) is 0 Å². The van der Waals surface area contributed by atoms with Crippen LogP contribution >= 0.6 is 0 Å². The standard InChI is InChI=1S/C25H40N4/c1-16(2)24-20(7)28-23(14-27-24)19(6)11-10-18(5)21-12-22(15-29(8)9)25(17(3)4)26-13-21/h12-14,16-19H,10-11,15H2,1-9H3. The van der Waals surface area contributed by atoms with Crippen molar-refractivity contribution in [2.45, 2.75) is 91.5 Å². The zero-order valence-corrected chi connectivity index (χ0v) is 20.0. The molecule has 0 N–H and O–H groups in total. The minimum atomic E-state index is 0.411. The number of nitrogens with zero attached hydrogens (tertiary/aromatic N) is 4. The van der Waals surface area contributed by atoms with E-state index in [0.29, 0.717) is 23.7 Å². The summed E-state index contributed by atoms with van der Waals surface area (Å²) in [6.45, 7) is 16.4. The molecule has 2 heterocycles. The molecule has 2 unspecified atom stereocenters. The van der Waals surface area contributed by atoms with Gasteiger partial charge in [0.05, 0.1) is 17.1 Å². The number of pyridine rings is 1. The predicted octanol–water partition coefficient (Wildman–Crippen LogP) is 6.18. The summed E-state index contributed by atoms with van der Waals surface area (Å²) in [5.41, 5.74) is 7.21. The zero-order chi connectivity index (χ0) is 21.7. The van der Waals surface area contributed by atoms with Gasteiger partial charge < -0.3 is 4.90 Å². The minimum absolute atomic E-state index is 0.411. The van der Waals surface area contributed by atoms with Gasteiger partial charge >= 0.3 is 0 Å². The second-order valence-electron chi connectivity index (χ2n) is 9.51. The molecule has 2 rings (SSSR count). The van der Waals surface area contributed by atoms with Crippen LogP contribution < -0.4 is 0 Å². The highest BCUT2D eigenvalue weighted by molar-refractivity contribution is 5.29. The van der Waals surface area contributed by atoms with Gasteiger partial charge in [-0.15, -0.1) is 0 Å². The van der Waals surface area contributed by atoms with Crippen molar-refractivity contribution < 1.29 is 0 Å². The topological polar surface area (TPSA) is 41.9 Å². The molecule has 0 aliphatic heterocycles. The van der Waals surface area contributed by atoms with E-state index < -0.39 is 0 Å². The Morgan fingerprint density at radius 3 is 1.97 bits per heavy atom. The first-order valence-corrected chi connectivity index (χ1v) is 11.1. The van der Waals surface area contributed by atoms with Gasteiger partial charge in [-0.3, -0.25) is 15.0 Å². The molecule has 2 aromatic rings. The lowest BCUT2D eigenvalue weighted by molar-refractivity contribution is 0.398. The van der Waals surface area contributed by atoms with Gasteiger partial charge in [0.25, 0.3) is 0 Å². The summed E-state index contributed by atoms with van der Waals surface area (Å²) in [6, 6.07) is 2.37. The number of aryl methyl sites for hydroxylation is 1. The van der Waals surface area contributed by atoms with Crippen molar-refractivity contribution in [1.82, 2.24) is 19.9 Å². The number of hydrogen-bond acceptors (Lipinski definition) is 4. The van der Waals surface area contributed by atoms with Crippen LogP contribution in [-0.4, -0.2) is 33.9 Å². The molecule has 0 amide bonds.